The van der Waals surface area contributed by atoms with Crippen LogP contribution in [-0.4, -0.2) is 51.9 Å². The van der Waals surface area contributed by atoms with Crippen LogP contribution in [0.3, 0.4) is 0 Å². The summed E-state index contributed by atoms with van der Waals surface area (Å²) in [4.78, 5) is 59.2. The molecule has 3 aromatic carbocycles. The van der Waals surface area contributed by atoms with Crippen molar-refractivity contribution in [2.24, 2.45) is 29.1 Å². The number of hydrogen-bond acceptors (Lipinski definition) is 7. The van der Waals surface area contributed by atoms with Gasteiger partial charge in [0.15, 0.2) is 11.5 Å². The van der Waals surface area contributed by atoms with Gasteiger partial charge >= 0.3 is 0 Å². The van der Waals surface area contributed by atoms with Gasteiger partial charge in [-0.1, -0.05) is 54.1 Å². The van der Waals surface area contributed by atoms with Crippen molar-refractivity contribution >= 4 is 29.3 Å². The first kappa shape index (κ1) is 29.8. The van der Waals surface area contributed by atoms with E-state index in [1.54, 1.807) is 73.7 Å². The van der Waals surface area contributed by atoms with Crippen molar-refractivity contribution in [1.82, 2.24) is 4.90 Å². The van der Waals surface area contributed by atoms with E-state index in [9.17, 15) is 29.4 Å². The lowest BCUT2D eigenvalue weighted by Gasteiger charge is -2.49. The fourth-order valence-electron chi connectivity index (χ4n) is 8.42. The first-order chi connectivity index (χ1) is 22.2. The van der Waals surface area contributed by atoms with Gasteiger partial charge in [-0.15, -0.1) is 0 Å². The van der Waals surface area contributed by atoms with E-state index in [1.807, 2.05) is 19.1 Å². The van der Waals surface area contributed by atoms with Crippen LogP contribution in [0.4, 0.5) is 5.69 Å². The Hall–Kier alpha value is -4.92. The molecule has 1 saturated carbocycles. The van der Waals surface area contributed by atoms with Crippen molar-refractivity contribution in [3.63, 3.8) is 0 Å². The highest BCUT2D eigenvalue weighted by atomic mass is 16.5. The Balaban J connectivity index is 1.30. The molecule has 236 valence electrons. The maximum atomic E-state index is 14.5. The Morgan fingerprint density at radius 3 is 2.33 bits per heavy atom. The largest absolute Gasteiger partial charge is 0.508 e. The van der Waals surface area contributed by atoms with E-state index in [-0.39, 0.29) is 53.8 Å². The fraction of sp³-hybridized carbons (Fsp3) is 0.351. The molecule has 9 nitrogen and oxygen atoms in total. The Bertz CT molecular complexity index is 1770. The van der Waals surface area contributed by atoms with Gasteiger partial charge in [0.1, 0.15) is 5.75 Å². The number of amides is 4. The molecule has 0 spiro atoms. The summed E-state index contributed by atoms with van der Waals surface area (Å²) in [5.41, 5.74) is 1.38. The van der Waals surface area contributed by atoms with Gasteiger partial charge in [-0.05, 0) is 74.9 Å². The van der Waals surface area contributed by atoms with Crippen molar-refractivity contribution in [1.29, 1.82) is 0 Å². The maximum Gasteiger partial charge on any atom is 0.241 e. The average molecular weight is 621 g/mol. The minimum absolute atomic E-state index is 0.0965. The molecule has 3 fully saturated rings. The number of allylic oxidation sites excluding steroid dienone is 2. The number of carbonyl (C=O) groups is 4. The lowest BCUT2D eigenvalue weighted by molar-refractivity contribution is -0.140. The van der Waals surface area contributed by atoms with Crippen LogP contribution >= 0.6 is 0 Å². The van der Waals surface area contributed by atoms with Crippen molar-refractivity contribution in [3.8, 4) is 17.2 Å². The maximum absolute atomic E-state index is 14.5. The lowest BCUT2D eigenvalue weighted by Crippen LogP contribution is -2.49. The minimum atomic E-state index is -1.26. The third-order valence-electron chi connectivity index (χ3n) is 10.6. The average Bonchev–Trinajstić information content (AvgIpc) is 3.41. The molecular weight excluding hydrogens is 584 g/mol. The molecule has 4 amide bonds. The van der Waals surface area contributed by atoms with E-state index in [1.165, 1.54) is 9.80 Å². The van der Waals surface area contributed by atoms with E-state index >= 15 is 0 Å². The predicted molar refractivity (Wildman–Crippen MR) is 169 cm³/mol. The molecule has 9 heteroatoms. The number of ether oxygens (including phenoxy) is 1. The highest BCUT2D eigenvalue weighted by Crippen LogP contribution is 2.64. The number of carbonyl (C=O) groups excluding carboxylic acids is 4. The number of imide groups is 2. The zero-order valence-electron chi connectivity index (χ0n) is 25.8. The van der Waals surface area contributed by atoms with Crippen LogP contribution in [0, 0.1) is 29.1 Å². The Labute approximate surface area is 267 Å². The molecule has 2 saturated heterocycles. The van der Waals surface area contributed by atoms with Crippen LogP contribution in [0.2, 0.25) is 0 Å². The van der Waals surface area contributed by atoms with Gasteiger partial charge < -0.3 is 14.9 Å². The van der Waals surface area contributed by atoms with Gasteiger partial charge in [0.2, 0.25) is 23.6 Å². The first-order valence-corrected chi connectivity index (χ1v) is 15.9. The van der Waals surface area contributed by atoms with E-state index in [4.69, 9.17) is 4.74 Å². The van der Waals surface area contributed by atoms with Crippen LogP contribution in [0.25, 0.3) is 0 Å². The van der Waals surface area contributed by atoms with Gasteiger partial charge in [-0.3, -0.25) is 24.1 Å². The standard InChI is InChI=1S/C37H36N2O7/c1-3-46-29-11-7-10-26(32(29)41)31-24-16-17-25-30(35(44)38(33(25)42)19-18-21-12-14-23(40)15-13-21)27(24)20-28-34(43)39(36(45)37(28,31)2)22-8-5-4-6-9-22/h4-16,25,27-28,30-31,40-41H,3,17-20H2,1-2H3. The minimum Gasteiger partial charge on any atom is -0.508 e. The number of benzene rings is 3. The zero-order chi connectivity index (χ0) is 32.3. The predicted octanol–water partition coefficient (Wildman–Crippen LogP) is 4.97. The molecule has 2 aliphatic heterocycles. The molecule has 7 rings (SSSR count). The van der Waals surface area contributed by atoms with Crippen LogP contribution in [0.1, 0.15) is 43.7 Å². The second-order valence-corrected chi connectivity index (χ2v) is 12.9. The summed E-state index contributed by atoms with van der Waals surface area (Å²) < 4.78 is 5.72. The summed E-state index contributed by atoms with van der Waals surface area (Å²) in [7, 11) is 0. The molecular formula is C37H36N2O7. The Kier molecular flexibility index (Phi) is 7.22. The van der Waals surface area contributed by atoms with Gasteiger partial charge in [0.05, 0.1) is 35.5 Å². The summed E-state index contributed by atoms with van der Waals surface area (Å²) in [6.07, 6.45) is 2.99. The number of phenols is 2. The number of rotatable bonds is 7. The van der Waals surface area contributed by atoms with Crippen LogP contribution in [-0.2, 0) is 25.6 Å². The summed E-state index contributed by atoms with van der Waals surface area (Å²) in [6, 6.07) is 20.7. The van der Waals surface area contributed by atoms with E-state index in [0.717, 1.165) is 11.1 Å². The van der Waals surface area contributed by atoms with Crippen LogP contribution in [0.15, 0.2) is 84.4 Å². The molecule has 2 heterocycles. The second-order valence-electron chi connectivity index (χ2n) is 12.9. The van der Waals surface area contributed by atoms with Crippen molar-refractivity contribution in [2.75, 3.05) is 18.1 Å². The fourth-order valence-corrected chi connectivity index (χ4v) is 8.42. The molecule has 3 aromatic rings. The molecule has 6 atom stereocenters. The third kappa shape index (κ3) is 4.35. The van der Waals surface area contributed by atoms with Crippen molar-refractivity contribution in [3.05, 3.63) is 95.6 Å². The van der Waals surface area contributed by atoms with E-state index in [2.05, 4.69) is 0 Å². The summed E-state index contributed by atoms with van der Waals surface area (Å²) in [5.74, 6) is -4.09. The molecule has 46 heavy (non-hydrogen) atoms. The topological polar surface area (TPSA) is 124 Å². The monoisotopic (exact) mass is 620 g/mol. The zero-order valence-corrected chi connectivity index (χ0v) is 25.8. The molecule has 6 unspecified atom stereocenters. The Morgan fingerprint density at radius 1 is 0.870 bits per heavy atom. The molecule has 4 aliphatic rings. The van der Waals surface area contributed by atoms with Gasteiger partial charge in [0, 0.05) is 18.0 Å². The normalized spacial score (nSPS) is 28.6. The summed E-state index contributed by atoms with van der Waals surface area (Å²) in [6.45, 7) is 4.15. The smallest absolute Gasteiger partial charge is 0.241 e. The number of hydrogen-bond donors (Lipinski definition) is 2. The summed E-state index contributed by atoms with van der Waals surface area (Å²) >= 11 is 0. The number of fused-ring (bicyclic) bond motifs is 4. The van der Waals surface area contributed by atoms with Crippen molar-refractivity contribution < 1.29 is 34.1 Å². The molecule has 2 aliphatic carbocycles. The van der Waals surface area contributed by atoms with E-state index < -0.39 is 35.0 Å². The SMILES string of the molecule is CCOc1cccc(C2C3=CCC4C(=O)N(CCc5ccc(O)cc5)C(=O)C4C3CC3C(=O)N(c4ccccc4)C(=O)C32C)c1O. The molecule has 0 aromatic heterocycles. The second kappa shape index (κ2) is 11.2. The van der Waals surface area contributed by atoms with Gasteiger partial charge in [-0.2, -0.15) is 0 Å². The molecule has 0 bridgehead atoms. The van der Waals surface area contributed by atoms with Crippen molar-refractivity contribution in [2.45, 2.75) is 39.0 Å². The molecule has 2 N–H and O–H groups in total. The quantitative estimate of drug-likeness (QED) is 0.282. The third-order valence-corrected chi connectivity index (χ3v) is 10.6. The van der Waals surface area contributed by atoms with Crippen LogP contribution in [0.5, 0.6) is 17.2 Å². The number of aromatic hydroxyl groups is 2. The van der Waals surface area contributed by atoms with E-state index in [0.29, 0.717) is 30.7 Å². The number of para-hydroxylation sites is 2. The van der Waals surface area contributed by atoms with Gasteiger partial charge in [-0.25, -0.2) is 4.90 Å². The molecule has 0 radical (unpaired) electrons. The summed E-state index contributed by atoms with van der Waals surface area (Å²) in [5, 5.41) is 21.2. The highest BCUT2D eigenvalue weighted by Gasteiger charge is 2.67. The highest BCUT2D eigenvalue weighted by molar-refractivity contribution is 6.24. The van der Waals surface area contributed by atoms with Crippen LogP contribution < -0.4 is 9.64 Å². The number of phenolic OH excluding ortho intramolecular Hbond substituents is 2. The number of likely N-dealkylation sites (tertiary alicyclic amines) is 1. The Morgan fingerprint density at radius 2 is 1.61 bits per heavy atom. The number of anilines is 1. The first-order valence-electron chi connectivity index (χ1n) is 15.9. The van der Waals surface area contributed by atoms with Gasteiger partial charge in [0.25, 0.3) is 0 Å². The number of nitrogens with zero attached hydrogens (tertiary/aromatic N) is 2. The lowest BCUT2D eigenvalue weighted by atomic mass is 9.51.